The van der Waals surface area contributed by atoms with Crippen molar-refractivity contribution >= 4 is 21.9 Å². The molecule has 0 aliphatic carbocycles. The van der Waals surface area contributed by atoms with E-state index in [0.717, 1.165) is 5.57 Å². The first-order chi connectivity index (χ1) is 14.7. The van der Waals surface area contributed by atoms with Crippen LogP contribution >= 0.6 is 0 Å². The van der Waals surface area contributed by atoms with Crippen LogP contribution in [0.4, 0.5) is 0 Å². The molecule has 0 saturated carbocycles. The van der Waals surface area contributed by atoms with E-state index in [2.05, 4.69) is 0 Å². The molecule has 0 atom stereocenters. The first kappa shape index (κ1) is 22.2. The van der Waals surface area contributed by atoms with E-state index in [9.17, 15) is 25.2 Å². The molecule has 1 aromatic heterocycles. The Labute approximate surface area is 179 Å². The van der Waals surface area contributed by atoms with Gasteiger partial charge in [0.05, 0.1) is 19.1 Å². The average Bonchev–Trinajstić information content (AvgIpc) is 2.70. The summed E-state index contributed by atoms with van der Waals surface area (Å²) in [6.07, 6.45) is 3.99. The molecule has 0 saturated heterocycles. The number of aromatic hydroxyl groups is 3. The number of fused-ring (bicyclic) bond motifs is 2. The van der Waals surface area contributed by atoms with Crippen LogP contribution in [-0.4, -0.2) is 34.1 Å². The third kappa shape index (κ3) is 4.09. The molecule has 2 aromatic carbocycles. The lowest BCUT2D eigenvalue weighted by molar-refractivity contribution is 0.331. The van der Waals surface area contributed by atoms with Crippen molar-refractivity contribution in [3.05, 3.63) is 56.8 Å². The molecule has 0 aliphatic rings. The second kappa shape index (κ2) is 8.73. The van der Waals surface area contributed by atoms with Crippen LogP contribution in [0.15, 0.2) is 44.6 Å². The number of benzene rings is 2. The second-order valence-electron chi connectivity index (χ2n) is 7.71. The zero-order chi connectivity index (χ0) is 22.9. The third-order valence-electron chi connectivity index (χ3n) is 5.17. The van der Waals surface area contributed by atoms with Gasteiger partial charge in [0.15, 0.2) is 11.5 Å². The monoisotopic (exact) mass is 426 g/mol. The zero-order valence-electron chi connectivity index (χ0n) is 17.9. The fourth-order valence-electron chi connectivity index (χ4n) is 3.49. The van der Waals surface area contributed by atoms with Gasteiger partial charge in [-0.15, -0.1) is 0 Å². The van der Waals surface area contributed by atoms with E-state index in [-0.39, 0.29) is 63.5 Å². The molecule has 164 valence electrons. The van der Waals surface area contributed by atoms with E-state index in [1.807, 2.05) is 19.9 Å². The summed E-state index contributed by atoms with van der Waals surface area (Å²) in [4.78, 5) is 13.5. The number of phenolic OH excluding ortho intramolecular Hbond substituents is 3. The van der Waals surface area contributed by atoms with Gasteiger partial charge in [0, 0.05) is 23.3 Å². The number of allylic oxidation sites excluding steroid dienone is 3. The summed E-state index contributed by atoms with van der Waals surface area (Å²) < 4.78 is 11.1. The first-order valence-electron chi connectivity index (χ1n) is 9.82. The maximum absolute atomic E-state index is 13.5. The zero-order valence-corrected chi connectivity index (χ0v) is 17.9. The third-order valence-corrected chi connectivity index (χ3v) is 5.17. The molecule has 0 amide bonds. The van der Waals surface area contributed by atoms with Gasteiger partial charge in [0.25, 0.3) is 0 Å². The van der Waals surface area contributed by atoms with Crippen molar-refractivity contribution in [3.63, 3.8) is 0 Å². The Balaban J connectivity index is 2.41. The highest BCUT2D eigenvalue weighted by Gasteiger charge is 2.23. The van der Waals surface area contributed by atoms with Gasteiger partial charge < -0.3 is 29.6 Å². The molecule has 0 aliphatic heterocycles. The minimum Gasteiger partial charge on any atom is -0.507 e. The van der Waals surface area contributed by atoms with Gasteiger partial charge in [-0.3, -0.25) is 4.79 Å². The molecule has 0 bridgehead atoms. The van der Waals surface area contributed by atoms with E-state index in [1.54, 1.807) is 13.0 Å². The Bertz CT molecular complexity index is 1280. The predicted molar refractivity (Wildman–Crippen MR) is 119 cm³/mol. The summed E-state index contributed by atoms with van der Waals surface area (Å²) in [5.74, 6) is -0.634. The molecule has 3 aromatic rings. The minimum atomic E-state index is -0.492. The molecular weight excluding hydrogens is 400 g/mol. The number of hydrogen-bond donors (Lipinski definition) is 4. The van der Waals surface area contributed by atoms with Crippen molar-refractivity contribution in [2.24, 2.45) is 0 Å². The highest BCUT2D eigenvalue weighted by atomic mass is 16.5. The van der Waals surface area contributed by atoms with Gasteiger partial charge in [0.1, 0.15) is 28.1 Å². The topological polar surface area (TPSA) is 120 Å². The van der Waals surface area contributed by atoms with Crippen molar-refractivity contribution in [2.45, 2.75) is 33.6 Å². The minimum absolute atomic E-state index is 0.00293. The molecule has 3 rings (SSSR count). The van der Waals surface area contributed by atoms with Crippen molar-refractivity contribution < 1.29 is 29.6 Å². The predicted octanol–water partition coefficient (Wildman–Crippen LogP) is 4.06. The van der Waals surface area contributed by atoms with Gasteiger partial charge in [-0.05, 0) is 33.6 Å². The SMILES string of the molecule is COc1c(O)cc2oc3cc(O)c(C/C=C(/C)CO)c(O)c3c(=O)c2c1CC=C(C)C. The van der Waals surface area contributed by atoms with Crippen LogP contribution in [0.1, 0.15) is 31.9 Å². The van der Waals surface area contributed by atoms with Gasteiger partial charge in [0.2, 0.25) is 5.43 Å². The molecular formula is C24H26O7. The Morgan fingerprint density at radius 3 is 2.19 bits per heavy atom. The van der Waals surface area contributed by atoms with Crippen molar-refractivity contribution in [2.75, 3.05) is 13.7 Å². The van der Waals surface area contributed by atoms with Crippen LogP contribution in [0, 0.1) is 0 Å². The number of phenols is 3. The fraction of sp³-hybridized carbons (Fsp3) is 0.292. The number of hydrogen-bond acceptors (Lipinski definition) is 7. The van der Waals surface area contributed by atoms with Crippen LogP contribution in [0.25, 0.3) is 21.9 Å². The maximum Gasteiger partial charge on any atom is 0.204 e. The van der Waals surface area contributed by atoms with E-state index < -0.39 is 5.43 Å². The first-order valence-corrected chi connectivity index (χ1v) is 9.82. The van der Waals surface area contributed by atoms with E-state index >= 15 is 0 Å². The smallest absolute Gasteiger partial charge is 0.204 e. The number of rotatable bonds is 6. The lowest BCUT2D eigenvalue weighted by Crippen LogP contribution is -2.08. The van der Waals surface area contributed by atoms with E-state index in [1.165, 1.54) is 19.2 Å². The quantitative estimate of drug-likeness (QED) is 0.346. The second-order valence-corrected chi connectivity index (χ2v) is 7.71. The summed E-state index contributed by atoms with van der Waals surface area (Å²) in [5, 5.41) is 40.9. The highest BCUT2D eigenvalue weighted by molar-refractivity contribution is 5.97. The van der Waals surface area contributed by atoms with Crippen LogP contribution in [0.3, 0.4) is 0 Å². The van der Waals surface area contributed by atoms with Gasteiger partial charge in [-0.2, -0.15) is 0 Å². The summed E-state index contributed by atoms with van der Waals surface area (Å²) in [6, 6.07) is 2.56. The number of aliphatic hydroxyl groups excluding tert-OH is 1. The maximum atomic E-state index is 13.5. The Morgan fingerprint density at radius 2 is 1.58 bits per heavy atom. The standard InChI is InChI=1S/C24H26O7/c1-12(2)5-7-15-20-18(10-17(27)24(15)30-4)31-19-9-16(26)14(8-6-13(3)11-25)22(28)21(19)23(20)29/h5-6,9-10,25-28H,7-8,11H2,1-4H3/b13-6-. The Morgan fingerprint density at radius 1 is 0.968 bits per heavy atom. The Kier molecular flexibility index (Phi) is 6.27. The summed E-state index contributed by atoms with van der Waals surface area (Å²) in [5.41, 5.74) is 1.90. The summed E-state index contributed by atoms with van der Waals surface area (Å²) >= 11 is 0. The van der Waals surface area contributed by atoms with Crippen LogP contribution in [0.2, 0.25) is 0 Å². The van der Waals surface area contributed by atoms with Gasteiger partial charge in [-0.25, -0.2) is 0 Å². The van der Waals surface area contributed by atoms with E-state index in [0.29, 0.717) is 17.6 Å². The number of methoxy groups -OCH3 is 1. The number of ether oxygens (including phenoxy) is 1. The molecule has 0 radical (unpaired) electrons. The van der Waals surface area contributed by atoms with Crippen LogP contribution in [0.5, 0.6) is 23.0 Å². The molecule has 31 heavy (non-hydrogen) atoms. The largest absolute Gasteiger partial charge is 0.507 e. The van der Waals surface area contributed by atoms with Crippen molar-refractivity contribution in [1.82, 2.24) is 0 Å². The molecule has 7 nitrogen and oxygen atoms in total. The van der Waals surface area contributed by atoms with Crippen molar-refractivity contribution in [1.29, 1.82) is 0 Å². The van der Waals surface area contributed by atoms with E-state index in [4.69, 9.17) is 9.15 Å². The average molecular weight is 426 g/mol. The van der Waals surface area contributed by atoms with Gasteiger partial charge in [-0.1, -0.05) is 23.3 Å². The fourth-order valence-corrected chi connectivity index (χ4v) is 3.49. The molecule has 0 spiro atoms. The lowest BCUT2D eigenvalue weighted by atomic mass is 9.98. The molecule has 0 unspecified atom stereocenters. The van der Waals surface area contributed by atoms with Crippen LogP contribution < -0.4 is 10.2 Å². The Hall–Kier alpha value is -3.45. The lowest BCUT2D eigenvalue weighted by Gasteiger charge is -2.14. The molecule has 1 heterocycles. The van der Waals surface area contributed by atoms with Crippen molar-refractivity contribution in [3.8, 4) is 23.0 Å². The summed E-state index contributed by atoms with van der Waals surface area (Å²) in [6.45, 7) is 5.39. The highest BCUT2D eigenvalue weighted by Crippen LogP contribution is 2.40. The van der Waals surface area contributed by atoms with Gasteiger partial charge >= 0.3 is 0 Å². The molecule has 4 N–H and O–H groups in total. The molecule has 0 fully saturated rings. The summed E-state index contributed by atoms with van der Waals surface area (Å²) in [7, 11) is 1.40. The molecule has 7 heteroatoms. The van der Waals surface area contributed by atoms with Crippen LogP contribution in [-0.2, 0) is 12.8 Å². The normalized spacial score (nSPS) is 11.8. The number of aliphatic hydroxyl groups is 1.